The van der Waals surface area contributed by atoms with Crippen LogP contribution in [0.2, 0.25) is 0 Å². The summed E-state index contributed by atoms with van der Waals surface area (Å²) >= 11 is 0. The van der Waals surface area contributed by atoms with E-state index in [1.54, 1.807) is 0 Å². The van der Waals surface area contributed by atoms with Crippen LogP contribution >= 0.6 is 0 Å². The molecule has 0 N–H and O–H groups in total. The third-order valence-electron chi connectivity index (χ3n) is 4.76. The van der Waals surface area contributed by atoms with E-state index < -0.39 is 0 Å². The van der Waals surface area contributed by atoms with Crippen LogP contribution in [-0.2, 0) is 13.0 Å². The molecule has 0 bridgehead atoms. The molecule has 0 aliphatic carbocycles. The summed E-state index contributed by atoms with van der Waals surface area (Å²) in [7, 11) is 0. The van der Waals surface area contributed by atoms with Crippen LogP contribution in [0.25, 0.3) is 0 Å². The largest absolute Gasteiger partial charge is 1.00 e. The molecule has 4 heteroatoms. The van der Waals surface area contributed by atoms with Gasteiger partial charge in [0.05, 0.1) is 0 Å². The predicted octanol–water partition coefficient (Wildman–Crippen LogP) is 0.394. The van der Waals surface area contributed by atoms with Crippen LogP contribution in [-0.4, -0.2) is 31.1 Å². The molecule has 3 rings (SSSR count). The van der Waals surface area contributed by atoms with E-state index in [1.165, 1.54) is 50.2 Å². The lowest BCUT2D eigenvalue weighted by molar-refractivity contribution is -0.704. The molecule has 1 aliphatic rings. The van der Waals surface area contributed by atoms with Crippen molar-refractivity contribution in [1.82, 2.24) is 4.90 Å². The Morgan fingerprint density at radius 2 is 1.88 bits per heavy atom. The maximum absolute atomic E-state index is 5.91. The maximum atomic E-state index is 5.91. The smallest absolute Gasteiger partial charge is 0.182 e. The van der Waals surface area contributed by atoms with E-state index in [2.05, 4.69) is 52.9 Å². The van der Waals surface area contributed by atoms with Crippen molar-refractivity contribution >= 4 is 0 Å². The zero-order chi connectivity index (χ0) is 16.6. The molecule has 0 saturated carbocycles. The average Bonchev–Trinajstić information content (AvgIpc) is 2.62. The van der Waals surface area contributed by atoms with Gasteiger partial charge in [-0.1, -0.05) is 24.6 Å². The summed E-state index contributed by atoms with van der Waals surface area (Å²) in [4.78, 5) is 2.60. The number of aromatic nitrogens is 1. The van der Waals surface area contributed by atoms with Crippen LogP contribution in [0, 0.1) is 6.92 Å². The zero-order valence-corrected chi connectivity index (χ0v) is 17.3. The number of pyridine rings is 1. The van der Waals surface area contributed by atoms with Gasteiger partial charge in [-0.15, -0.1) is 0 Å². The van der Waals surface area contributed by atoms with E-state index in [0.717, 1.165) is 18.7 Å². The number of nitrogens with zero attached hydrogens (tertiary/aromatic N) is 2. The third kappa shape index (κ3) is 6.59. The summed E-state index contributed by atoms with van der Waals surface area (Å²) < 4.78 is 8.24. The molecule has 0 spiro atoms. The van der Waals surface area contributed by atoms with Gasteiger partial charge in [0.25, 0.3) is 0 Å². The van der Waals surface area contributed by atoms with Gasteiger partial charge >= 0.3 is 0 Å². The van der Waals surface area contributed by atoms with E-state index in [4.69, 9.17) is 4.74 Å². The summed E-state index contributed by atoms with van der Waals surface area (Å²) in [5.74, 6) is 0.960. The minimum absolute atomic E-state index is 0. The lowest BCUT2D eigenvalue weighted by atomic mass is 10.1. The van der Waals surface area contributed by atoms with Crippen molar-refractivity contribution in [3.05, 3.63) is 59.9 Å². The first kappa shape index (κ1) is 20.2. The van der Waals surface area contributed by atoms with E-state index in [1.807, 2.05) is 12.1 Å². The molecule has 1 fully saturated rings. The first-order chi connectivity index (χ1) is 11.8. The highest BCUT2D eigenvalue weighted by Crippen LogP contribution is 2.12. The van der Waals surface area contributed by atoms with Crippen molar-refractivity contribution < 1.29 is 33.3 Å². The molecule has 0 amide bonds. The quantitative estimate of drug-likeness (QED) is 0.447. The molecular formula is C21H29IN2O. The van der Waals surface area contributed by atoms with E-state index in [0.29, 0.717) is 6.61 Å². The van der Waals surface area contributed by atoms with Gasteiger partial charge < -0.3 is 33.6 Å². The summed E-state index contributed by atoms with van der Waals surface area (Å²) in [6.45, 7) is 7.39. The van der Waals surface area contributed by atoms with Crippen LogP contribution in [0.5, 0.6) is 5.75 Å². The van der Waals surface area contributed by atoms with E-state index >= 15 is 0 Å². The Hall–Kier alpha value is -1.14. The number of hydrogen-bond donors (Lipinski definition) is 0. The van der Waals surface area contributed by atoms with Crippen LogP contribution in [0.1, 0.15) is 30.5 Å². The third-order valence-corrected chi connectivity index (χ3v) is 4.76. The fraction of sp³-hybridized carbons (Fsp3) is 0.476. The average molecular weight is 452 g/mol. The Kier molecular flexibility index (Phi) is 8.68. The van der Waals surface area contributed by atoms with Crippen molar-refractivity contribution in [2.75, 3.05) is 26.2 Å². The Balaban J connectivity index is 0.00000225. The Bertz CT molecular complexity index is 641. The molecule has 0 unspecified atom stereocenters. The van der Waals surface area contributed by atoms with Gasteiger partial charge in [-0.3, -0.25) is 0 Å². The minimum Gasteiger partial charge on any atom is -1.00 e. The number of rotatable bonds is 7. The summed E-state index contributed by atoms with van der Waals surface area (Å²) in [5, 5.41) is 0. The highest BCUT2D eigenvalue weighted by Gasteiger charge is 2.14. The molecule has 0 radical (unpaired) electrons. The fourth-order valence-corrected chi connectivity index (χ4v) is 3.38. The lowest BCUT2D eigenvalue weighted by Gasteiger charge is -2.25. The van der Waals surface area contributed by atoms with E-state index in [-0.39, 0.29) is 24.0 Å². The van der Waals surface area contributed by atoms with Crippen molar-refractivity contribution in [2.45, 2.75) is 39.2 Å². The number of likely N-dealkylation sites (tertiary alicyclic amines) is 1. The van der Waals surface area contributed by atoms with Gasteiger partial charge in [-0.2, -0.15) is 4.57 Å². The summed E-state index contributed by atoms with van der Waals surface area (Å²) in [6.07, 6.45) is 7.41. The second kappa shape index (κ2) is 10.8. The normalized spacial score (nSPS) is 14.8. The minimum atomic E-state index is 0. The molecule has 2 aromatic rings. The summed E-state index contributed by atoms with van der Waals surface area (Å²) in [5.41, 5.74) is 2.64. The molecule has 3 nitrogen and oxygen atoms in total. The topological polar surface area (TPSA) is 16.4 Å². The number of aryl methyl sites for hydroxylation is 1. The van der Waals surface area contributed by atoms with E-state index in [9.17, 15) is 0 Å². The predicted molar refractivity (Wildman–Crippen MR) is 97.3 cm³/mol. The van der Waals surface area contributed by atoms with Gasteiger partial charge in [0.2, 0.25) is 0 Å². The second-order valence-corrected chi connectivity index (χ2v) is 6.70. The molecular weight excluding hydrogens is 423 g/mol. The molecule has 1 aromatic carbocycles. The Morgan fingerprint density at radius 1 is 1.04 bits per heavy atom. The monoisotopic (exact) mass is 452 g/mol. The van der Waals surface area contributed by atoms with Gasteiger partial charge in [0.15, 0.2) is 18.4 Å². The standard InChI is InChI=1S/C21H29N2O.HI/c1-19-8-7-10-21(18-19)24-17-16-23-14-6-3-9-20(23)11-15-22-12-4-2-5-13-22;/h3,6-10,14,18H,2,4-5,11-13,15-17H2,1H3;1H/q+1;/p-1. The first-order valence-electron chi connectivity index (χ1n) is 9.20. The zero-order valence-electron chi connectivity index (χ0n) is 15.2. The van der Waals surface area contributed by atoms with Crippen molar-refractivity contribution in [1.29, 1.82) is 0 Å². The van der Waals surface area contributed by atoms with Gasteiger partial charge in [-0.25, -0.2) is 0 Å². The SMILES string of the molecule is Cc1cccc(OCC[n+]2ccccc2CCN2CCCCC2)c1.[I-]. The maximum Gasteiger partial charge on any atom is 0.182 e. The molecule has 2 heterocycles. The fourth-order valence-electron chi connectivity index (χ4n) is 3.38. The Labute approximate surface area is 169 Å². The van der Waals surface area contributed by atoms with Gasteiger partial charge in [0, 0.05) is 25.1 Å². The van der Waals surface area contributed by atoms with Crippen LogP contribution < -0.4 is 33.3 Å². The molecule has 25 heavy (non-hydrogen) atoms. The molecule has 1 aliphatic heterocycles. The number of ether oxygens (including phenoxy) is 1. The molecule has 136 valence electrons. The number of piperidine rings is 1. The molecule has 1 saturated heterocycles. The second-order valence-electron chi connectivity index (χ2n) is 6.70. The molecule has 0 atom stereocenters. The first-order valence-corrected chi connectivity index (χ1v) is 9.20. The number of halogens is 1. The van der Waals surface area contributed by atoms with Crippen LogP contribution in [0.3, 0.4) is 0 Å². The van der Waals surface area contributed by atoms with Gasteiger partial charge in [-0.05, 0) is 50.6 Å². The van der Waals surface area contributed by atoms with Crippen molar-refractivity contribution in [3.8, 4) is 5.75 Å². The highest BCUT2D eigenvalue weighted by molar-refractivity contribution is 5.27. The lowest BCUT2D eigenvalue weighted by Crippen LogP contribution is -3.00. The van der Waals surface area contributed by atoms with Crippen molar-refractivity contribution in [3.63, 3.8) is 0 Å². The number of benzene rings is 1. The summed E-state index contributed by atoms with van der Waals surface area (Å²) in [6, 6.07) is 14.8. The number of hydrogen-bond acceptors (Lipinski definition) is 2. The van der Waals surface area contributed by atoms with Gasteiger partial charge in [0.1, 0.15) is 12.4 Å². The van der Waals surface area contributed by atoms with Crippen LogP contribution in [0.4, 0.5) is 0 Å². The molecule has 1 aromatic heterocycles. The highest BCUT2D eigenvalue weighted by atomic mass is 127. The van der Waals surface area contributed by atoms with Crippen molar-refractivity contribution in [2.24, 2.45) is 0 Å². The van der Waals surface area contributed by atoms with Crippen LogP contribution in [0.15, 0.2) is 48.7 Å². The Morgan fingerprint density at radius 3 is 2.68 bits per heavy atom.